The third-order valence-electron chi connectivity index (χ3n) is 9.20. The van der Waals surface area contributed by atoms with E-state index in [2.05, 4.69) is 120 Å². The normalized spacial score (nSPS) is 13.0. The van der Waals surface area contributed by atoms with Crippen LogP contribution in [0.3, 0.4) is 0 Å². The number of carbonyl (C=O) groups excluding carboxylic acids is 1. The van der Waals surface area contributed by atoms with Gasteiger partial charge in [0.1, 0.15) is 6.29 Å². The van der Waals surface area contributed by atoms with Gasteiger partial charge >= 0.3 is 186 Å². The maximum atomic E-state index is 10.9. The van der Waals surface area contributed by atoms with Crippen molar-refractivity contribution in [3.8, 4) is 23.0 Å². The van der Waals surface area contributed by atoms with Gasteiger partial charge in [0.15, 0.2) is 48.2 Å². The minimum absolute atomic E-state index is 0. The maximum absolute atomic E-state index is 10.9. The average Bonchev–Trinajstić information content (AvgIpc) is 3.29. The van der Waals surface area contributed by atoms with Gasteiger partial charge in [0.2, 0.25) is 0 Å². The molecule has 68 heavy (non-hydrogen) atoms. The summed E-state index contributed by atoms with van der Waals surface area (Å²) in [6, 6.07) is 42.9. The van der Waals surface area contributed by atoms with Gasteiger partial charge in [-0.3, -0.25) is 4.79 Å². The molecule has 370 valence electrons. The fraction of sp³-hybridized carbons (Fsp3) is 0.389. The standard InChI is InChI=1S/C19H18BrP.C16H24O4.C15H22O5.C4H9O.HI.K/c1-21(20,17-11-5-2-6-12-17,18-13-7-3-8-14-18)19-15-9-4-10-16-19;1-6-14-9-10-15(19-12(4)17-7-2)16(11-14)20-13(5)18-8-3;1-5-17-11(3)19-14-8-7-13(10-16)9-15(14)20-12(4)18-6-2;1-4(2,3)5;;/h2-16H,1H3;6,9-13H,1,7-8H2,2-5H3;7-12H,5-6H2,1-4H3;1-3H3;1H;/q;;;-1;;+1/p-1. The fourth-order valence-corrected chi connectivity index (χ4v) is 11.9. The van der Waals surface area contributed by atoms with Crippen molar-refractivity contribution in [2.75, 3.05) is 33.1 Å². The van der Waals surface area contributed by atoms with Crippen molar-refractivity contribution in [3.05, 3.63) is 145 Å². The summed E-state index contributed by atoms with van der Waals surface area (Å²) in [7, 11) is 0. The predicted molar refractivity (Wildman–Crippen MR) is 275 cm³/mol. The molecule has 0 bridgehead atoms. The number of aldehydes is 1. The molecule has 0 amide bonds. The fourth-order valence-electron chi connectivity index (χ4n) is 6.21. The Balaban J connectivity index is 0.000000929. The van der Waals surface area contributed by atoms with E-state index in [1.165, 1.54) is 15.9 Å². The first-order valence-corrected chi connectivity index (χ1v) is 27.1. The Bertz CT molecular complexity index is 1940. The summed E-state index contributed by atoms with van der Waals surface area (Å²) in [6.07, 6.45) is 1.02. The van der Waals surface area contributed by atoms with Crippen molar-refractivity contribution in [2.45, 2.75) is 107 Å². The molecule has 0 aromatic heterocycles. The van der Waals surface area contributed by atoms with Crippen LogP contribution in [0.25, 0.3) is 6.08 Å². The Hall–Kier alpha value is -2.21. The van der Waals surface area contributed by atoms with Crippen molar-refractivity contribution >= 4 is 49.1 Å². The van der Waals surface area contributed by atoms with E-state index in [-0.39, 0.29) is 87.9 Å². The SMILES string of the molecule is C=Cc1ccc(OC(C)OCC)c(OC(C)OCC)c1.CC(C)(C)[O-].CCOC(C)Oc1ccc(C=O)cc1OC(C)OCC.CP(Br)(c1ccccc1)(c1ccccc1)c1ccccc1.[I-].[K+]. The van der Waals surface area contributed by atoms with Gasteiger partial charge in [-0.25, -0.2) is 0 Å². The summed E-state index contributed by atoms with van der Waals surface area (Å²) in [6.45, 7) is 28.2. The summed E-state index contributed by atoms with van der Waals surface area (Å²) >= 11 is 4.24. The van der Waals surface area contributed by atoms with Gasteiger partial charge in [-0.2, -0.15) is 0 Å². The van der Waals surface area contributed by atoms with Crippen molar-refractivity contribution in [1.82, 2.24) is 0 Å². The van der Waals surface area contributed by atoms with Crippen LogP contribution < -0.4 is 115 Å². The molecule has 5 aromatic rings. The van der Waals surface area contributed by atoms with Crippen LogP contribution in [0.15, 0.2) is 134 Å². The average molecular weight is 1160 g/mol. The summed E-state index contributed by atoms with van der Waals surface area (Å²) in [4.78, 5) is 10.9. The third-order valence-corrected chi connectivity index (χ3v) is 17.5. The first kappa shape index (κ1) is 65.8. The second-order valence-electron chi connectivity index (χ2n) is 15.8. The van der Waals surface area contributed by atoms with Gasteiger partial charge in [-0.1, -0.05) is 39.5 Å². The molecule has 0 fully saturated rings. The van der Waals surface area contributed by atoms with Gasteiger partial charge in [0.05, 0.1) is 0 Å². The van der Waals surface area contributed by atoms with Crippen LogP contribution in [-0.2, 0) is 18.9 Å². The summed E-state index contributed by atoms with van der Waals surface area (Å²) in [5.41, 5.74) is 0.722. The van der Waals surface area contributed by atoms with Crippen LogP contribution >= 0.6 is 20.8 Å². The molecule has 4 unspecified atom stereocenters. The molecule has 5 rings (SSSR count). The van der Waals surface area contributed by atoms with Crippen molar-refractivity contribution in [3.63, 3.8) is 0 Å². The Morgan fingerprint density at radius 1 is 0.544 bits per heavy atom. The Kier molecular flexibility index (Phi) is 33.1. The number of ether oxygens (including phenoxy) is 8. The van der Waals surface area contributed by atoms with Crippen LogP contribution in [-0.4, -0.2) is 70.1 Å². The Morgan fingerprint density at radius 3 is 1.07 bits per heavy atom. The zero-order valence-corrected chi connectivity index (χ0v) is 50.2. The Labute approximate surface area is 475 Å². The summed E-state index contributed by atoms with van der Waals surface area (Å²) < 4.78 is 44.2. The van der Waals surface area contributed by atoms with Gasteiger partial charge in [-0.05, 0) is 91.3 Å². The molecule has 5 aromatic carbocycles. The van der Waals surface area contributed by atoms with Crippen molar-refractivity contribution < 1.29 is 123 Å². The maximum Gasteiger partial charge on any atom is 1.00 e. The van der Waals surface area contributed by atoms with E-state index in [1.807, 2.05) is 59.7 Å². The molecule has 10 nitrogen and oxygen atoms in total. The van der Waals surface area contributed by atoms with Crippen molar-refractivity contribution in [1.29, 1.82) is 0 Å². The number of rotatable bonds is 21. The van der Waals surface area contributed by atoms with E-state index < -0.39 is 23.5 Å². The molecule has 0 spiro atoms. The van der Waals surface area contributed by atoms with Gasteiger partial charge in [0, 0.05) is 32.0 Å². The molecule has 0 aliphatic heterocycles. The predicted octanol–water partition coefficient (Wildman–Crippen LogP) is 5.48. The molecule has 0 saturated carbocycles. The van der Waals surface area contributed by atoms with Gasteiger partial charge in [-0.15, -0.1) is 5.60 Å². The molecular weight excluding hydrogens is 1090 g/mol. The number of halogens is 2. The van der Waals surface area contributed by atoms with E-state index in [0.29, 0.717) is 55.0 Å². The minimum Gasteiger partial charge on any atom is -1.00 e. The van der Waals surface area contributed by atoms with Gasteiger partial charge < -0.3 is 67.0 Å². The molecule has 4 atom stereocenters. The topological polar surface area (TPSA) is 114 Å². The molecule has 0 radical (unpaired) electrons. The molecule has 0 heterocycles. The van der Waals surface area contributed by atoms with E-state index in [1.54, 1.807) is 58.9 Å². The molecule has 0 aliphatic carbocycles. The quantitative estimate of drug-likeness (QED) is 0.0308. The first-order valence-electron chi connectivity index (χ1n) is 22.4. The third kappa shape index (κ3) is 23.3. The number of carbonyl (C=O) groups is 1. The van der Waals surface area contributed by atoms with E-state index >= 15 is 0 Å². The zero-order chi connectivity index (χ0) is 49.2. The molecular formula is C54H73BrIKO10P-. The molecule has 0 saturated heterocycles. The van der Waals surface area contributed by atoms with Crippen LogP contribution in [0.1, 0.15) is 92.1 Å². The molecule has 0 N–H and O–H groups in total. The largest absolute Gasteiger partial charge is 1.00 e. The Morgan fingerprint density at radius 2 is 0.809 bits per heavy atom. The summed E-state index contributed by atoms with van der Waals surface area (Å²) in [5.74, 6) is 2.23. The van der Waals surface area contributed by atoms with E-state index in [9.17, 15) is 9.90 Å². The monoisotopic (exact) mass is 1160 g/mol. The molecule has 14 heteroatoms. The van der Waals surface area contributed by atoms with Gasteiger partial charge in [0.25, 0.3) is 0 Å². The first-order chi connectivity index (χ1) is 31.3. The second-order valence-corrected chi connectivity index (χ2v) is 25.6. The van der Waals surface area contributed by atoms with Crippen LogP contribution in [0.4, 0.5) is 0 Å². The number of benzene rings is 5. The zero-order valence-electron chi connectivity index (χ0n) is 42.4. The number of hydrogen-bond acceptors (Lipinski definition) is 10. The van der Waals surface area contributed by atoms with Crippen LogP contribution in [0.2, 0.25) is 0 Å². The van der Waals surface area contributed by atoms with E-state index in [0.717, 1.165) is 11.8 Å². The minimum atomic E-state index is -2.56. The smallest absolute Gasteiger partial charge is 1.00 e. The molecule has 0 aliphatic rings. The van der Waals surface area contributed by atoms with Crippen LogP contribution in [0.5, 0.6) is 23.0 Å². The number of hydrogen-bond donors (Lipinski definition) is 0. The second kappa shape index (κ2) is 34.2. The van der Waals surface area contributed by atoms with E-state index in [4.69, 9.17) is 37.9 Å². The van der Waals surface area contributed by atoms with Crippen LogP contribution in [0, 0.1) is 0 Å². The van der Waals surface area contributed by atoms with Crippen molar-refractivity contribution in [2.24, 2.45) is 0 Å². The summed E-state index contributed by atoms with van der Waals surface area (Å²) in [5, 5.41) is 11.6.